The van der Waals surface area contributed by atoms with E-state index in [4.69, 9.17) is 27.6 Å². The predicted molar refractivity (Wildman–Crippen MR) is 104 cm³/mol. The van der Waals surface area contributed by atoms with Crippen LogP contribution in [0.4, 0.5) is 5.82 Å². The minimum Gasteiger partial charge on any atom is -0.440 e. The number of anilines is 1. The second-order valence-electron chi connectivity index (χ2n) is 5.44. The summed E-state index contributed by atoms with van der Waals surface area (Å²) in [6, 6.07) is 5.47. The molecule has 0 atom stereocenters. The van der Waals surface area contributed by atoms with Crippen LogP contribution < -0.4 is 10.6 Å². The fraction of sp³-hybridized carbons (Fsp3) is 0.235. The first-order valence-corrected chi connectivity index (χ1v) is 9.48. The number of aryl methyl sites for hydroxylation is 1. The van der Waals surface area contributed by atoms with Crippen molar-refractivity contribution in [3.63, 3.8) is 0 Å². The first-order chi connectivity index (χ1) is 12.5. The van der Waals surface area contributed by atoms with Gasteiger partial charge in [-0.1, -0.05) is 29.3 Å². The van der Waals surface area contributed by atoms with E-state index in [-0.39, 0.29) is 12.3 Å². The Balaban J connectivity index is 1.47. The second kappa shape index (κ2) is 8.53. The van der Waals surface area contributed by atoms with E-state index in [0.717, 1.165) is 4.88 Å². The van der Waals surface area contributed by atoms with Crippen LogP contribution in [0.25, 0.3) is 10.8 Å². The third-order valence-electron chi connectivity index (χ3n) is 3.50. The number of halogens is 2. The highest BCUT2D eigenvalue weighted by molar-refractivity contribution is 7.13. The molecule has 3 rings (SSSR count). The first-order valence-electron chi connectivity index (χ1n) is 7.84. The van der Waals surface area contributed by atoms with Crippen LogP contribution in [0.1, 0.15) is 11.5 Å². The molecule has 2 N–H and O–H groups in total. The van der Waals surface area contributed by atoms with Crippen LogP contribution in [0.2, 0.25) is 10.0 Å². The van der Waals surface area contributed by atoms with Gasteiger partial charge in [-0.3, -0.25) is 4.79 Å². The van der Waals surface area contributed by atoms with E-state index in [1.807, 2.05) is 24.4 Å². The van der Waals surface area contributed by atoms with Gasteiger partial charge in [0, 0.05) is 19.3 Å². The van der Waals surface area contributed by atoms with Crippen molar-refractivity contribution < 1.29 is 9.21 Å². The highest BCUT2D eigenvalue weighted by atomic mass is 35.5. The molecule has 0 aliphatic heterocycles. The van der Waals surface area contributed by atoms with Gasteiger partial charge < -0.3 is 15.1 Å². The maximum Gasteiger partial charge on any atom is 0.236 e. The van der Waals surface area contributed by atoms with Gasteiger partial charge in [0.25, 0.3) is 0 Å². The molecule has 0 saturated heterocycles. The Bertz CT molecular complexity index is 896. The third kappa shape index (κ3) is 4.75. The standard InChI is InChI=1S/C17H16Cl2N4O2S/c1-10-13(23-17(25-10)14-3-2-6-26-14)8-15(24)20-4-5-21-16-12(19)7-11(18)9-22-16/h2-3,6-7,9H,4-5,8H2,1H3,(H,20,24)(H,21,22). The van der Waals surface area contributed by atoms with E-state index in [0.29, 0.717) is 46.3 Å². The molecule has 6 nitrogen and oxygen atoms in total. The Morgan fingerprint density at radius 1 is 1.35 bits per heavy atom. The monoisotopic (exact) mass is 410 g/mol. The summed E-state index contributed by atoms with van der Waals surface area (Å²) >= 11 is 13.4. The van der Waals surface area contributed by atoms with Crippen molar-refractivity contribution in [2.45, 2.75) is 13.3 Å². The summed E-state index contributed by atoms with van der Waals surface area (Å²) in [6.07, 6.45) is 1.67. The van der Waals surface area contributed by atoms with Gasteiger partial charge in [-0.15, -0.1) is 11.3 Å². The van der Waals surface area contributed by atoms with E-state index < -0.39 is 0 Å². The van der Waals surface area contributed by atoms with Crippen molar-refractivity contribution in [1.82, 2.24) is 15.3 Å². The highest BCUT2D eigenvalue weighted by Gasteiger charge is 2.15. The smallest absolute Gasteiger partial charge is 0.236 e. The number of hydrogen-bond acceptors (Lipinski definition) is 6. The zero-order chi connectivity index (χ0) is 18.5. The van der Waals surface area contributed by atoms with Crippen molar-refractivity contribution in [3.05, 3.63) is 51.3 Å². The summed E-state index contributed by atoms with van der Waals surface area (Å²) in [6.45, 7) is 2.72. The van der Waals surface area contributed by atoms with E-state index in [1.54, 1.807) is 17.4 Å². The average Bonchev–Trinajstić information content (AvgIpc) is 3.24. The van der Waals surface area contributed by atoms with E-state index in [1.165, 1.54) is 6.20 Å². The SMILES string of the molecule is Cc1oc(-c2cccs2)nc1CC(=O)NCCNc1ncc(Cl)cc1Cl. The average molecular weight is 411 g/mol. The molecule has 136 valence electrons. The molecule has 0 saturated carbocycles. The Morgan fingerprint density at radius 2 is 2.19 bits per heavy atom. The van der Waals surface area contributed by atoms with E-state index in [2.05, 4.69) is 20.6 Å². The molecule has 0 aliphatic rings. The lowest BCUT2D eigenvalue weighted by Gasteiger charge is -2.08. The molecule has 3 heterocycles. The minimum atomic E-state index is -0.129. The number of nitrogens with one attached hydrogen (secondary N) is 2. The second-order valence-corrected chi connectivity index (χ2v) is 7.23. The van der Waals surface area contributed by atoms with Crippen molar-refractivity contribution in [2.75, 3.05) is 18.4 Å². The predicted octanol–water partition coefficient (Wildman–Crippen LogP) is 4.18. The van der Waals surface area contributed by atoms with Gasteiger partial charge in [0.1, 0.15) is 11.6 Å². The molecular weight excluding hydrogens is 395 g/mol. The molecule has 3 aromatic rings. The first kappa shape index (κ1) is 18.7. The van der Waals surface area contributed by atoms with Crippen LogP contribution in [0.5, 0.6) is 0 Å². The summed E-state index contributed by atoms with van der Waals surface area (Å²) < 4.78 is 5.64. The number of rotatable bonds is 7. The van der Waals surface area contributed by atoms with Crippen molar-refractivity contribution in [3.8, 4) is 10.8 Å². The fourth-order valence-corrected chi connectivity index (χ4v) is 3.34. The lowest BCUT2D eigenvalue weighted by atomic mass is 10.2. The molecule has 0 radical (unpaired) electrons. The molecule has 26 heavy (non-hydrogen) atoms. The molecule has 3 aromatic heterocycles. The number of thiophene rings is 1. The molecule has 0 aliphatic carbocycles. The zero-order valence-corrected chi connectivity index (χ0v) is 16.2. The van der Waals surface area contributed by atoms with Gasteiger partial charge in [-0.25, -0.2) is 9.97 Å². The summed E-state index contributed by atoms with van der Waals surface area (Å²) in [5.41, 5.74) is 0.640. The largest absolute Gasteiger partial charge is 0.440 e. The van der Waals surface area contributed by atoms with Crippen molar-refractivity contribution in [1.29, 1.82) is 0 Å². The number of amides is 1. The Kier molecular flexibility index (Phi) is 6.13. The van der Waals surface area contributed by atoms with Gasteiger partial charge in [-0.2, -0.15) is 0 Å². The normalized spacial score (nSPS) is 10.7. The van der Waals surface area contributed by atoms with Gasteiger partial charge >= 0.3 is 0 Å². The van der Waals surface area contributed by atoms with Crippen LogP contribution in [-0.2, 0) is 11.2 Å². The minimum absolute atomic E-state index is 0.129. The number of aromatic nitrogens is 2. The fourth-order valence-electron chi connectivity index (χ4n) is 2.24. The molecule has 0 unspecified atom stereocenters. The molecule has 1 amide bonds. The van der Waals surface area contributed by atoms with Gasteiger partial charge in [-0.05, 0) is 24.4 Å². The molecule has 0 fully saturated rings. The molecular formula is C17H16Cl2N4O2S. The van der Waals surface area contributed by atoms with Gasteiger partial charge in [0.2, 0.25) is 11.8 Å². The number of oxazole rings is 1. The number of carbonyl (C=O) groups excluding carboxylic acids is 1. The molecule has 9 heteroatoms. The highest BCUT2D eigenvalue weighted by Crippen LogP contribution is 2.26. The zero-order valence-electron chi connectivity index (χ0n) is 13.9. The number of pyridine rings is 1. The van der Waals surface area contributed by atoms with Crippen molar-refractivity contribution >= 4 is 46.3 Å². The van der Waals surface area contributed by atoms with Gasteiger partial charge in [0.15, 0.2) is 0 Å². The Hall–Kier alpha value is -2.09. The number of carbonyl (C=O) groups is 1. The number of nitrogens with zero attached hydrogens (tertiary/aromatic N) is 2. The number of hydrogen-bond donors (Lipinski definition) is 2. The molecule has 0 spiro atoms. The molecule has 0 bridgehead atoms. The van der Waals surface area contributed by atoms with Crippen molar-refractivity contribution in [2.24, 2.45) is 0 Å². The van der Waals surface area contributed by atoms with Crippen LogP contribution in [0.15, 0.2) is 34.2 Å². The maximum atomic E-state index is 12.1. The Morgan fingerprint density at radius 3 is 2.92 bits per heavy atom. The molecule has 0 aromatic carbocycles. The Labute approximate surface area is 164 Å². The topological polar surface area (TPSA) is 80.0 Å². The van der Waals surface area contributed by atoms with E-state index >= 15 is 0 Å². The summed E-state index contributed by atoms with van der Waals surface area (Å²) in [4.78, 5) is 21.6. The van der Waals surface area contributed by atoms with Crippen LogP contribution in [0.3, 0.4) is 0 Å². The maximum absolute atomic E-state index is 12.1. The summed E-state index contributed by atoms with van der Waals surface area (Å²) in [5.74, 6) is 1.60. The summed E-state index contributed by atoms with van der Waals surface area (Å²) in [5, 5.41) is 8.73. The lowest BCUT2D eigenvalue weighted by molar-refractivity contribution is -0.120. The summed E-state index contributed by atoms with van der Waals surface area (Å²) in [7, 11) is 0. The lowest BCUT2D eigenvalue weighted by Crippen LogP contribution is -2.30. The van der Waals surface area contributed by atoms with Crippen LogP contribution in [-0.4, -0.2) is 29.0 Å². The third-order valence-corrected chi connectivity index (χ3v) is 4.85. The van der Waals surface area contributed by atoms with Crippen LogP contribution in [0, 0.1) is 6.92 Å². The quantitative estimate of drug-likeness (QED) is 0.570. The van der Waals surface area contributed by atoms with E-state index in [9.17, 15) is 4.79 Å². The van der Waals surface area contributed by atoms with Crippen LogP contribution >= 0.6 is 34.5 Å². The van der Waals surface area contributed by atoms with Gasteiger partial charge in [0.05, 0.1) is 27.0 Å².